The van der Waals surface area contributed by atoms with Crippen molar-refractivity contribution in [1.82, 2.24) is 4.57 Å². The minimum absolute atomic E-state index is 0.0780. The quantitative estimate of drug-likeness (QED) is 0.366. The van der Waals surface area contributed by atoms with E-state index < -0.39 is 11.6 Å². The number of nitrogens with one attached hydrogen (secondary N) is 2. The number of aryl methyl sites for hydroxylation is 1. The summed E-state index contributed by atoms with van der Waals surface area (Å²) in [6, 6.07) is 7.02. The van der Waals surface area contributed by atoms with Gasteiger partial charge in [-0.05, 0) is 24.6 Å². The van der Waals surface area contributed by atoms with E-state index in [2.05, 4.69) is 15.3 Å². The topological polar surface area (TPSA) is 170 Å². The first-order chi connectivity index (χ1) is 13.4. The van der Waals surface area contributed by atoms with Gasteiger partial charge in [-0.3, -0.25) is 10.2 Å². The Kier molecular flexibility index (Phi) is 5.71. The van der Waals surface area contributed by atoms with E-state index in [1.165, 1.54) is 0 Å². The molecule has 2 aromatic rings. The van der Waals surface area contributed by atoms with E-state index in [1.54, 1.807) is 0 Å². The maximum absolute atomic E-state index is 11.6. The summed E-state index contributed by atoms with van der Waals surface area (Å²) < 4.78 is 7.24. The summed E-state index contributed by atoms with van der Waals surface area (Å²) in [5.74, 6) is -1.09. The Morgan fingerprint density at radius 1 is 1.36 bits per heavy atom. The minimum Gasteiger partial charge on any atom is -0.380 e. The number of aliphatic imine (C=N–C) groups is 2. The smallest absolute Gasteiger partial charge is 0.270 e. The number of primary amides is 1. The molecule has 0 bridgehead atoms. The highest BCUT2D eigenvalue weighted by molar-refractivity contribution is 6.68. The molecule has 0 aliphatic carbocycles. The lowest BCUT2D eigenvalue weighted by atomic mass is 10.1. The predicted molar refractivity (Wildman–Crippen MR) is 110 cm³/mol. The summed E-state index contributed by atoms with van der Waals surface area (Å²) in [7, 11) is 1.92. The third-order valence-corrected chi connectivity index (χ3v) is 4.55. The molecule has 28 heavy (non-hydrogen) atoms. The van der Waals surface area contributed by atoms with Crippen LogP contribution in [-0.4, -0.2) is 53.3 Å². The van der Waals surface area contributed by atoms with Gasteiger partial charge in [0.2, 0.25) is 5.96 Å². The molecule has 2 atom stereocenters. The van der Waals surface area contributed by atoms with E-state index in [4.69, 9.17) is 27.3 Å². The fraction of sp³-hybridized carbons (Fsp3) is 0.333. The first-order valence-corrected chi connectivity index (χ1v) is 8.82. The average molecular weight is 384 g/mol. The summed E-state index contributed by atoms with van der Waals surface area (Å²) in [6.45, 7) is 0.931. The Balaban J connectivity index is 1.93. The van der Waals surface area contributed by atoms with Crippen LogP contribution >= 0.6 is 0 Å². The van der Waals surface area contributed by atoms with Gasteiger partial charge in [-0.2, -0.15) is 4.99 Å². The monoisotopic (exact) mass is 384 g/mol. The summed E-state index contributed by atoms with van der Waals surface area (Å²) >= 11 is 0. The molecule has 1 aromatic heterocycles. The molecule has 1 saturated heterocycles. The van der Waals surface area contributed by atoms with Gasteiger partial charge in [0, 0.05) is 36.4 Å². The fourth-order valence-electron chi connectivity index (χ4n) is 3.02. The number of carbonyl (C=O) groups excluding carboxylic acids is 1. The fourth-order valence-corrected chi connectivity index (χ4v) is 3.02. The van der Waals surface area contributed by atoms with Crippen LogP contribution in [0.5, 0.6) is 0 Å². The Morgan fingerprint density at radius 3 is 2.86 bits per heavy atom. The van der Waals surface area contributed by atoms with Crippen molar-refractivity contribution >= 4 is 40.0 Å². The second kappa shape index (κ2) is 8.19. The zero-order chi connectivity index (χ0) is 20.3. The number of carbonyl (C=O) groups is 1. The second-order valence-electron chi connectivity index (χ2n) is 6.57. The number of nitrogens with two attached hydrogens (primary N) is 3. The SMILES string of the molecule is Cn1ccc2c(NC(=NC(N)=N[C@@H]3CCOC[C@@H]3N)C(=N)C(N)=O)cccc21. The number of benzene rings is 1. The van der Waals surface area contributed by atoms with E-state index in [-0.39, 0.29) is 23.9 Å². The lowest BCUT2D eigenvalue weighted by molar-refractivity contribution is -0.111. The third kappa shape index (κ3) is 4.18. The Morgan fingerprint density at radius 2 is 2.14 bits per heavy atom. The molecule has 10 heteroatoms. The highest BCUT2D eigenvalue weighted by Gasteiger charge is 2.22. The number of aromatic nitrogens is 1. The summed E-state index contributed by atoms with van der Waals surface area (Å²) in [6.07, 6.45) is 2.53. The molecule has 10 nitrogen and oxygen atoms in total. The van der Waals surface area contributed by atoms with Gasteiger partial charge in [-0.15, -0.1) is 0 Å². The van der Waals surface area contributed by atoms with E-state index in [0.29, 0.717) is 25.3 Å². The number of amidine groups is 1. The number of hydrogen-bond acceptors (Lipinski definition) is 5. The van der Waals surface area contributed by atoms with Gasteiger partial charge in [0.15, 0.2) is 11.5 Å². The van der Waals surface area contributed by atoms with Crippen LogP contribution in [-0.2, 0) is 16.6 Å². The second-order valence-corrected chi connectivity index (χ2v) is 6.57. The van der Waals surface area contributed by atoms with Crippen molar-refractivity contribution in [3.63, 3.8) is 0 Å². The Bertz CT molecular complexity index is 962. The van der Waals surface area contributed by atoms with Crippen molar-refractivity contribution in [3.05, 3.63) is 30.5 Å². The first-order valence-electron chi connectivity index (χ1n) is 8.82. The van der Waals surface area contributed by atoms with Gasteiger partial charge in [0.1, 0.15) is 0 Å². The largest absolute Gasteiger partial charge is 0.380 e. The van der Waals surface area contributed by atoms with Crippen LogP contribution in [0.2, 0.25) is 0 Å². The number of amides is 1. The summed E-state index contributed by atoms with van der Waals surface area (Å²) in [5, 5.41) is 11.9. The normalized spacial score (nSPS) is 20.9. The van der Waals surface area contributed by atoms with Crippen molar-refractivity contribution in [2.24, 2.45) is 34.2 Å². The average Bonchev–Trinajstić information content (AvgIpc) is 3.04. The van der Waals surface area contributed by atoms with Crippen LogP contribution in [0.4, 0.5) is 5.69 Å². The molecule has 0 unspecified atom stereocenters. The van der Waals surface area contributed by atoms with Crippen molar-refractivity contribution in [2.75, 3.05) is 18.5 Å². The molecule has 1 aromatic carbocycles. The van der Waals surface area contributed by atoms with Gasteiger partial charge < -0.3 is 31.8 Å². The summed E-state index contributed by atoms with van der Waals surface area (Å²) in [5.41, 5.74) is 18.4. The van der Waals surface area contributed by atoms with Crippen LogP contribution in [0.3, 0.4) is 0 Å². The van der Waals surface area contributed by atoms with Crippen LogP contribution < -0.4 is 22.5 Å². The predicted octanol–water partition coefficient (Wildman–Crippen LogP) is -0.0753. The molecule has 0 saturated carbocycles. The maximum atomic E-state index is 11.6. The minimum atomic E-state index is -0.929. The number of anilines is 1. The molecule has 1 amide bonds. The van der Waals surface area contributed by atoms with Crippen LogP contribution in [0.25, 0.3) is 10.9 Å². The molecule has 3 rings (SSSR count). The van der Waals surface area contributed by atoms with E-state index in [1.807, 2.05) is 42.1 Å². The Hall–Kier alpha value is -3.24. The molecule has 0 spiro atoms. The number of ether oxygens (including phenoxy) is 1. The number of nitrogens with zero attached hydrogens (tertiary/aromatic N) is 3. The van der Waals surface area contributed by atoms with Gasteiger partial charge in [-0.1, -0.05) is 6.07 Å². The van der Waals surface area contributed by atoms with Crippen LogP contribution in [0.15, 0.2) is 40.4 Å². The highest BCUT2D eigenvalue weighted by Crippen LogP contribution is 2.24. The molecule has 1 fully saturated rings. The first kappa shape index (κ1) is 19.5. The van der Waals surface area contributed by atoms with Crippen molar-refractivity contribution in [1.29, 1.82) is 5.41 Å². The molecular formula is C18H24N8O2. The number of guanidine groups is 1. The van der Waals surface area contributed by atoms with Gasteiger partial charge in [0.05, 0.1) is 18.7 Å². The lowest BCUT2D eigenvalue weighted by Gasteiger charge is -2.25. The zero-order valence-corrected chi connectivity index (χ0v) is 15.6. The van der Waals surface area contributed by atoms with Crippen LogP contribution in [0, 0.1) is 5.41 Å². The molecule has 2 heterocycles. The van der Waals surface area contributed by atoms with Gasteiger partial charge in [-0.25, -0.2) is 4.99 Å². The molecule has 1 aliphatic rings. The third-order valence-electron chi connectivity index (χ3n) is 4.55. The van der Waals surface area contributed by atoms with E-state index in [9.17, 15) is 4.79 Å². The standard InChI is InChI=1S/C18H24N8O2/c1-26-7-5-10-12(3-2-4-14(10)26)23-17(15(20)16(21)27)25-18(22)24-13-6-8-28-9-11(13)19/h2-5,7,11,13,20H,6,8-9,19H2,1H3,(H2,21,27)(H3,22,23,24,25)/t11-,13+/m0/s1. The van der Waals surface area contributed by atoms with Crippen molar-refractivity contribution < 1.29 is 9.53 Å². The van der Waals surface area contributed by atoms with Crippen molar-refractivity contribution in [3.8, 4) is 0 Å². The number of fused-ring (bicyclic) bond motifs is 1. The highest BCUT2D eigenvalue weighted by atomic mass is 16.5. The number of hydrogen-bond donors (Lipinski definition) is 5. The van der Waals surface area contributed by atoms with Gasteiger partial charge in [0.25, 0.3) is 5.91 Å². The van der Waals surface area contributed by atoms with Crippen molar-refractivity contribution in [2.45, 2.75) is 18.5 Å². The molecule has 8 N–H and O–H groups in total. The maximum Gasteiger partial charge on any atom is 0.270 e. The molecule has 1 aliphatic heterocycles. The Labute approximate surface area is 161 Å². The van der Waals surface area contributed by atoms with E-state index >= 15 is 0 Å². The van der Waals surface area contributed by atoms with E-state index in [0.717, 1.165) is 10.9 Å². The zero-order valence-electron chi connectivity index (χ0n) is 15.6. The summed E-state index contributed by atoms with van der Waals surface area (Å²) in [4.78, 5) is 20.0. The molecular weight excluding hydrogens is 360 g/mol. The van der Waals surface area contributed by atoms with Gasteiger partial charge >= 0.3 is 0 Å². The molecule has 0 radical (unpaired) electrons. The van der Waals surface area contributed by atoms with Crippen LogP contribution in [0.1, 0.15) is 6.42 Å². The molecule has 148 valence electrons. The lowest BCUT2D eigenvalue weighted by Crippen LogP contribution is -2.43. The number of rotatable bonds is 4.